The molecule has 196 valence electrons. The number of aromatic nitrogens is 1. The van der Waals surface area contributed by atoms with Gasteiger partial charge in [-0.05, 0) is 48.7 Å². The zero-order chi connectivity index (χ0) is 27.2. The number of hydrogen-bond donors (Lipinski definition) is 1. The molecule has 0 saturated heterocycles. The van der Waals surface area contributed by atoms with Gasteiger partial charge in [0.05, 0.1) is 11.1 Å². The van der Waals surface area contributed by atoms with Crippen LogP contribution in [-0.2, 0) is 18.8 Å². The Labute approximate surface area is 209 Å². The number of hydrogen-bond acceptors (Lipinski definition) is 3. The highest BCUT2D eigenvalue weighted by Gasteiger charge is 2.38. The second-order valence-corrected chi connectivity index (χ2v) is 8.31. The van der Waals surface area contributed by atoms with Crippen molar-refractivity contribution in [1.82, 2.24) is 15.2 Å². The van der Waals surface area contributed by atoms with Crippen LogP contribution < -0.4 is 5.32 Å². The fraction of sp³-hybridized carbons (Fsp3) is 0.269. The number of amides is 2. The van der Waals surface area contributed by atoms with Crippen LogP contribution in [0.3, 0.4) is 0 Å². The van der Waals surface area contributed by atoms with E-state index in [0.717, 1.165) is 10.5 Å². The third-order valence-electron chi connectivity index (χ3n) is 5.68. The molecule has 1 heterocycles. The Balaban J connectivity index is 1.85. The predicted molar refractivity (Wildman–Crippen MR) is 124 cm³/mol. The second kappa shape index (κ2) is 11.4. The quantitative estimate of drug-likeness (QED) is 0.390. The molecule has 0 aliphatic carbocycles. The smallest absolute Gasteiger partial charge is 0.351 e. The molecular formula is C26H23F6N3O2. The van der Waals surface area contributed by atoms with Gasteiger partial charge in [-0.1, -0.05) is 36.4 Å². The average Bonchev–Trinajstić information content (AvgIpc) is 2.87. The van der Waals surface area contributed by atoms with Gasteiger partial charge in [-0.3, -0.25) is 14.6 Å². The van der Waals surface area contributed by atoms with E-state index in [1.807, 2.05) is 0 Å². The van der Waals surface area contributed by atoms with Gasteiger partial charge in [0.25, 0.3) is 11.8 Å². The van der Waals surface area contributed by atoms with Gasteiger partial charge in [0, 0.05) is 31.4 Å². The maximum absolute atomic E-state index is 13.3. The summed E-state index contributed by atoms with van der Waals surface area (Å²) >= 11 is 0. The molecule has 1 atom stereocenters. The normalized spacial score (nSPS) is 12.6. The summed E-state index contributed by atoms with van der Waals surface area (Å²) in [5, 5.41) is 2.67. The van der Waals surface area contributed by atoms with Gasteiger partial charge in [0.15, 0.2) is 0 Å². The van der Waals surface area contributed by atoms with Crippen LogP contribution in [-0.4, -0.2) is 41.3 Å². The van der Waals surface area contributed by atoms with E-state index in [9.17, 15) is 35.9 Å². The standard InChI is InChI=1S/C26H23F6N3O2/c1-35(24(37)18-14-19(25(27,28)29)16-20(15-18)26(30,31)32)21(13-17-7-3-2-4-8-17)10-12-34-23(36)22-9-5-6-11-33-22/h2-9,11,14-16,21H,10,12-13H2,1H3,(H,34,36)/t21-/m0/s1. The predicted octanol–water partition coefficient (Wildman–Crippen LogP) is 5.62. The first-order valence-electron chi connectivity index (χ1n) is 11.2. The minimum Gasteiger partial charge on any atom is -0.351 e. The second-order valence-electron chi connectivity index (χ2n) is 8.31. The molecule has 0 fully saturated rings. The molecule has 0 aliphatic heterocycles. The van der Waals surface area contributed by atoms with Crippen LogP contribution in [0.25, 0.3) is 0 Å². The first kappa shape index (κ1) is 27.7. The van der Waals surface area contributed by atoms with E-state index in [4.69, 9.17) is 0 Å². The van der Waals surface area contributed by atoms with Gasteiger partial charge < -0.3 is 10.2 Å². The lowest BCUT2D eigenvalue weighted by molar-refractivity contribution is -0.143. The molecule has 2 aromatic carbocycles. The Morgan fingerprint density at radius 3 is 2.03 bits per heavy atom. The lowest BCUT2D eigenvalue weighted by Gasteiger charge is -2.29. The molecule has 0 radical (unpaired) electrons. The molecular weight excluding hydrogens is 500 g/mol. The Morgan fingerprint density at radius 2 is 1.49 bits per heavy atom. The van der Waals surface area contributed by atoms with Crippen LogP contribution in [0.4, 0.5) is 26.3 Å². The monoisotopic (exact) mass is 523 g/mol. The molecule has 0 unspecified atom stereocenters. The first-order chi connectivity index (χ1) is 17.4. The molecule has 11 heteroatoms. The van der Waals surface area contributed by atoms with Crippen molar-refractivity contribution >= 4 is 11.8 Å². The van der Waals surface area contributed by atoms with Crippen LogP contribution in [0, 0.1) is 0 Å². The van der Waals surface area contributed by atoms with E-state index in [-0.39, 0.29) is 31.1 Å². The molecule has 3 aromatic rings. The molecule has 0 saturated carbocycles. The largest absolute Gasteiger partial charge is 0.416 e. The summed E-state index contributed by atoms with van der Waals surface area (Å²) in [6.45, 7) is 0.0842. The number of benzene rings is 2. The SMILES string of the molecule is CN(C(=O)c1cc(C(F)(F)F)cc(C(F)(F)F)c1)[C@@H](CCNC(=O)c1ccccn1)Cc1ccccc1. The van der Waals surface area contributed by atoms with Gasteiger partial charge in [0.1, 0.15) is 5.69 Å². The Morgan fingerprint density at radius 1 is 0.892 bits per heavy atom. The number of carbonyl (C=O) groups is 2. The summed E-state index contributed by atoms with van der Waals surface area (Å²) in [7, 11) is 1.31. The van der Waals surface area contributed by atoms with Crippen molar-refractivity contribution in [2.45, 2.75) is 31.2 Å². The lowest BCUT2D eigenvalue weighted by atomic mass is 9.99. The number of halogens is 6. The van der Waals surface area contributed by atoms with Crippen LogP contribution in [0.1, 0.15) is 44.0 Å². The zero-order valence-corrected chi connectivity index (χ0v) is 19.6. The summed E-state index contributed by atoms with van der Waals surface area (Å²) < 4.78 is 79.7. The number of nitrogens with one attached hydrogen (secondary N) is 1. The molecule has 37 heavy (non-hydrogen) atoms. The van der Waals surface area contributed by atoms with E-state index in [1.54, 1.807) is 42.5 Å². The van der Waals surface area contributed by atoms with Crippen molar-refractivity contribution in [1.29, 1.82) is 0 Å². The summed E-state index contributed by atoms with van der Waals surface area (Å²) in [4.78, 5) is 30.5. The highest BCUT2D eigenvalue weighted by atomic mass is 19.4. The summed E-state index contributed by atoms with van der Waals surface area (Å²) in [6.07, 6.45) is -8.26. The van der Waals surface area contributed by atoms with E-state index in [2.05, 4.69) is 10.3 Å². The maximum atomic E-state index is 13.3. The number of likely N-dealkylation sites (N-methyl/N-ethyl adjacent to an activating group) is 1. The Hall–Kier alpha value is -3.89. The molecule has 0 bridgehead atoms. The van der Waals surface area contributed by atoms with Crippen molar-refractivity contribution in [2.24, 2.45) is 0 Å². The van der Waals surface area contributed by atoms with Crippen LogP contribution in [0.15, 0.2) is 72.9 Å². The average molecular weight is 523 g/mol. The summed E-state index contributed by atoms with van der Waals surface area (Å²) in [5.74, 6) is -1.46. The number of rotatable bonds is 8. The van der Waals surface area contributed by atoms with E-state index in [1.165, 1.54) is 19.3 Å². The van der Waals surface area contributed by atoms with Crippen molar-refractivity contribution in [3.63, 3.8) is 0 Å². The molecule has 5 nitrogen and oxygen atoms in total. The first-order valence-corrected chi connectivity index (χ1v) is 11.2. The molecule has 0 aliphatic rings. The minimum absolute atomic E-state index is 0.0224. The van der Waals surface area contributed by atoms with Crippen LogP contribution in [0.5, 0.6) is 0 Å². The third kappa shape index (κ3) is 7.55. The molecule has 1 aromatic heterocycles. The zero-order valence-electron chi connectivity index (χ0n) is 19.6. The highest BCUT2D eigenvalue weighted by Crippen LogP contribution is 2.36. The van der Waals surface area contributed by atoms with Gasteiger partial charge >= 0.3 is 12.4 Å². The number of nitrogens with zero attached hydrogens (tertiary/aromatic N) is 2. The number of pyridine rings is 1. The van der Waals surface area contributed by atoms with Gasteiger partial charge in [0.2, 0.25) is 0 Å². The molecule has 2 amide bonds. The molecule has 0 spiro atoms. The van der Waals surface area contributed by atoms with Crippen molar-refractivity contribution in [3.8, 4) is 0 Å². The Kier molecular flexibility index (Phi) is 8.57. The Bertz CT molecular complexity index is 1180. The van der Waals surface area contributed by atoms with Crippen molar-refractivity contribution in [3.05, 3.63) is 101 Å². The topological polar surface area (TPSA) is 62.3 Å². The van der Waals surface area contributed by atoms with Gasteiger partial charge in [-0.2, -0.15) is 26.3 Å². The fourth-order valence-corrected chi connectivity index (χ4v) is 3.71. The van der Waals surface area contributed by atoms with Crippen LogP contribution in [0.2, 0.25) is 0 Å². The number of carbonyl (C=O) groups excluding carboxylic acids is 2. The highest BCUT2D eigenvalue weighted by molar-refractivity contribution is 5.95. The van der Waals surface area contributed by atoms with E-state index in [0.29, 0.717) is 12.1 Å². The van der Waals surface area contributed by atoms with E-state index >= 15 is 0 Å². The molecule has 1 N–H and O–H groups in total. The molecule has 3 rings (SSSR count). The summed E-state index contributed by atoms with van der Waals surface area (Å²) in [5.41, 5.74) is -2.90. The third-order valence-corrected chi connectivity index (χ3v) is 5.68. The fourth-order valence-electron chi connectivity index (χ4n) is 3.71. The van der Waals surface area contributed by atoms with Gasteiger partial charge in [-0.15, -0.1) is 0 Å². The number of alkyl halides is 6. The van der Waals surface area contributed by atoms with Crippen molar-refractivity contribution < 1.29 is 35.9 Å². The summed E-state index contributed by atoms with van der Waals surface area (Å²) in [6, 6.07) is 13.8. The maximum Gasteiger partial charge on any atom is 0.416 e. The lowest BCUT2D eigenvalue weighted by Crippen LogP contribution is -2.41. The van der Waals surface area contributed by atoms with Crippen molar-refractivity contribution in [2.75, 3.05) is 13.6 Å². The van der Waals surface area contributed by atoms with Gasteiger partial charge in [-0.25, -0.2) is 0 Å². The van der Waals surface area contributed by atoms with Crippen LogP contribution >= 0.6 is 0 Å². The minimum atomic E-state index is -5.08. The van der Waals surface area contributed by atoms with E-state index < -0.39 is 46.9 Å².